The first kappa shape index (κ1) is 8.88. The summed E-state index contributed by atoms with van der Waals surface area (Å²) in [6.45, 7) is 4.01. The Kier molecular flexibility index (Phi) is 2.04. The van der Waals surface area contributed by atoms with E-state index in [2.05, 4.69) is 4.98 Å². The predicted octanol–water partition coefficient (Wildman–Crippen LogP) is 2.66. The van der Waals surface area contributed by atoms with Crippen LogP contribution in [0.3, 0.4) is 0 Å². The Balaban J connectivity index is 2.81. The maximum Gasteiger partial charge on any atom is 0.150 e. The number of fused-ring (bicyclic) bond motifs is 1. The summed E-state index contributed by atoms with van der Waals surface area (Å²) in [5, 5.41) is 1.06. The average Bonchev–Trinajstić information content (AvgIpc) is 2.17. The third-order valence-corrected chi connectivity index (χ3v) is 2.30. The lowest BCUT2D eigenvalue weighted by atomic mass is 10.1. The third kappa shape index (κ3) is 1.39. The van der Waals surface area contributed by atoms with Crippen LogP contribution in [0.15, 0.2) is 24.3 Å². The molecule has 0 saturated heterocycles. The Morgan fingerprint density at radius 1 is 1.21 bits per heavy atom. The number of aldehydes is 1. The number of aryl methyl sites for hydroxylation is 2. The van der Waals surface area contributed by atoms with E-state index in [-0.39, 0.29) is 0 Å². The van der Waals surface area contributed by atoms with Crippen molar-refractivity contribution in [3.05, 3.63) is 41.1 Å². The van der Waals surface area contributed by atoms with Crippen molar-refractivity contribution in [1.29, 1.82) is 0 Å². The molecule has 1 aromatic carbocycles. The molecule has 0 fully saturated rings. The lowest BCUT2D eigenvalue weighted by Gasteiger charge is -2.03. The highest BCUT2D eigenvalue weighted by atomic mass is 16.1. The van der Waals surface area contributed by atoms with Crippen LogP contribution in [0, 0.1) is 13.8 Å². The molecule has 0 aliphatic carbocycles. The second kappa shape index (κ2) is 3.22. The Labute approximate surface area is 82.6 Å². The predicted molar refractivity (Wildman–Crippen MR) is 56.6 cm³/mol. The van der Waals surface area contributed by atoms with Crippen LogP contribution in [0.2, 0.25) is 0 Å². The molecule has 0 radical (unpaired) electrons. The SMILES string of the molecule is Cc1cc(C)c2cc(C=O)ccc2n1. The molecule has 1 aromatic heterocycles. The number of pyridine rings is 1. The molecule has 2 aromatic rings. The minimum atomic E-state index is 0.700. The molecule has 0 N–H and O–H groups in total. The highest BCUT2D eigenvalue weighted by molar-refractivity contribution is 5.88. The molecule has 14 heavy (non-hydrogen) atoms. The smallest absolute Gasteiger partial charge is 0.150 e. The fraction of sp³-hybridized carbons (Fsp3) is 0.167. The number of aromatic nitrogens is 1. The first-order valence-electron chi connectivity index (χ1n) is 4.54. The van der Waals surface area contributed by atoms with Crippen molar-refractivity contribution >= 4 is 17.2 Å². The third-order valence-electron chi connectivity index (χ3n) is 2.30. The molecule has 0 amide bonds. The van der Waals surface area contributed by atoms with E-state index in [1.165, 1.54) is 0 Å². The minimum absolute atomic E-state index is 0.700. The van der Waals surface area contributed by atoms with Crippen LogP contribution in [0.4, 0.5) is 0 Å². The van der Waals surface area contributed by atoms with E-state index in [9.17, 15) is 4.79 Å². The van der Waals surface area contributed by atoms with Crippen LogP contribution in [0.25, 0.3) is 10.9 Å². The number of hydrogen-bond donors (Lipinski definition) is 0. The maximum atomic E-state index is 10.6. The monoisotopic (exact) mass is 185 g/mol. The van der Waals surface area contributed by atoms with Gasteiger partial charge in [-0.3, -0.25) is 9.78 Å². The van der Waals surface area contributed by atoms with Crippen molar-refractivity contribution in [3.63, 3.8) is 0 Å². The molecule has 70 valence electrons. The Morgan fingerprint density at radius 2 is 2.00 bits per heavy atom. The molecule has 2 rings (SSSR count). The summed E-state index contributed by atoms with van der Waals surface area (Å²) in [4.78, 5) is 15.0. The van der Waals surface area contributed by atoms with Gasteiger partial charge < -0.3 is 0 Å². The number of nitrogens with zero attached hydrogens (tertiary/aromatic N) is 1. The molecule has 2 nitrogen and oxygen atoms in total. The number of hydrogen-bond acceptors (Lipinski definition) is 2. The van der Waals surface area contributed by atoms with E-state index in [0.717, 1.165) is 28.4 Å². The topological polar surface area (TPSA) is 30.0 Å². The van der Waals surface area contributed by atoms with Gasteiger partial charge in [-0.1, -0.05) is 0 Å². The van der Waals surface area contributed by atoms with Crippen molar-refractivity contribution < 1.29 is 4.79 Å². The lowest BCUT2D eigenvalue weighted by molar-refractivity contribution is 0.112. The normalized spacial score (nSPS) is 10.4. The van der Waals surface area contributed by atoms with Gasteiger partial charge in [0.15, 0.2) is 0 Å². The second-order valence-electron chi connectivity index (χ2n) is 3.47. The molecule has 1 heterocycles. The molecule has 0 spiro atoms. The largest absolute Gasteiger partial charge is 0.298 e. The number of benzene rings is 1. The van der Waals surface area contributed by atoms with Crippen molar-refractivity contribution in [2.24, 2.45) is 0 Å². The summed E-state index contributed by atoms with van der Waals surface area (Å²) in [6, 6.07) is 7.58. The van der Waals surface area contributed by atoms with Crippen molar-refractivity contribution in [1.82, 2.24) is 4.98 Å². The Hall–Kier alpha value is -1.70. The zero-order valence-electron chi connectivity index (χ0n) is 8.24. The summed E-state index contributed by atoms with van der Waals surface area (Å²) in [7, 11) is 0. The standard InChI is InChI=1S/C12H11NO/c1-8-5-9(2)13-12-4-3-10(7-14)6-11(8)12/h3-7H,1-2H3. The van der Waals surface area contributed by atoms with Crippen LogP contribution in [-0.2, 0) is 0 Å². The number of carbonyl (C=O) groups excluding carboxylic acids is 1. The highest BCUT2D eigenvalue weighted by Gasteiger charge is 2.01. The van der Waals surface area contributed by atoms with Crippen LogP contribution in [0.5, 0.6) is 0 Å². The van der Waals surface area contributed by atoms with Gasteiger partial charge in [0.2, 0.25) is 0 Å². The summed E-state index contributed by atoms with van der Waals surface area (Å²) in [6.07, 6.45) is 0.860. The molecular weight excluding hydrogens is 174 g/mol. The molecule has 0 unspecified atom stereocenters. The zero-order chi connectivity index (χ0) is 10.1. The van der Waals surface area contributed by atoms with E-state index < -0.39 is 0 Å². The van der Waals surface area contributed by atoms with Crippen LogP contribution < -0.4 is 0 Å². The van der Waals surface area contributed by atoms with Crippen molar-refractivity contribution in [2.45, 2.75) is 13.8 Å². The average molecular weight is 185 g/mol. The van der Waals surface area contributed by atoms with E-state index >= 15 is 0 Å². The summed E-state index contributed by atoms with van der Waals surface area (Å²) in [5.41, 5.74) is 3.82. The molecule has 2 heteroatoms. The first-order valence-corrected chi connectivity index (χ1v) is 4.54. The van der Waals surface area contributed by atoms with Gasteiger partial charge in [-0.25, -0.2) is 0 Å². The second-order valence-corrected chi connectivity index (χ2v) is 3.47. The zero-order valence-corrected chi connectivity index (χ0v) is 8.24. The summed E-state index contributed by atoms with van der Waals surface area (Å²) in [5.74, 6) is 0. The first-order chi connectivity index (χ1) is 6.70. The molecular formula is C12H11NO. The maximum absolute atomic E-state index is 10.6. The van der Waals surface area contributed by atoms with Gasteiger partial charge in [0, 0.05) is 16.6 Å². The van der Waals surface area contributed by atoms with Gasteiger partial charge in [-0.05, 0) is 43.7 Å². The molecule has 0 aliphatic heterocycles. The minimum Gasteiger partial charge on any atom is -0.298 e. The summed E-state index contributed by atoms with van der Waals surface area (Å²) >= 11 is 0. The quantitative estimate of drug-likeness (QED) is 0.639. The summed E-state index contributed by atoms with van der Waals surface area (Å²) < 4.78 is 0. The van der Waals surface area contributed by atoms with Gasteiger partial charge in [0.05, 0.1) is 5.52 Å². The number of rotatable bonds is 1. The molecule has 0 bridgehead atoms. The van der Waals surface area contributed by atoms with Gasteiger partial charge in [-0.15, -0.1) is 0 Å². The number of carbonyl (C=O) groups is 1. The van der Waals surface area contributed by atoms with E-state index in [1.807, 2.05) is 32.0 Å². The Morgan fingerprint density at radius 3 is 2.71 bits per heavy atom. The fourth-order valence-corrected chi connectivity index (χ4v) is 1.65. The van der Waals surface area contributed by atoms with Gasteiger partial charge in [0.1, 0.15) is 6.29 Å². The molecule has 0 atom stereocenters. The molecule has 0 aliphatic rings. The molecule has 0 saturated carbocycles. The fourth-order valence-electron chi connectivity index (χ4n) is 1.65. The van der Waals surface area contributed by atoms with Crippen molar-refractivity contribution in [2.75, 3.05) is 0 Å². The van der Waals surface area contributed by atoms with Crippen molar-refractivity contribution in [3.8, 4) is 0 Å². The van der Waals surface area contributed by atoms with Gasteiger partial charge in [0.25, 0.3) is 0 Å². The van der Waals surface area contributed by atoms with Crippen LogP contribution in [0.1, 0.15) is 21.6 Å². The van der Waals surface area contributed by atoms with E-state index in [4.69, 9.17) is 0 Å². The van der Waals surface area contributed by atoms with Gasteiger partial charge >= 0.3 is 0 Å². The van der Waals surface area contributed by atoms with Gasteiger partial charge in [-0.2, -0.15) is 0 Å². The lowest BCUT2D eigenvalue weighted by Crippen LogP contribution is -1.89. The highest BCUT2D eigenvalue weighted by Crippen LogP contribution is 2.18. The van der Waals surface area contributed by atoms with Crippen LogP contribution in [-0.4, -0.2) is 11.3 Å². The Bertz CT molecular complexity index is 503. The van der Waals surface area contributed by atoms with E-state index in [1.54, 1.807) is 6.07 Å². The van der Waals surface area contributed by atoms with Crippen LogP contribution >= 0.6 is 0 Å². The van der Waals surface area contributed by atoms with E-state index in [0.29, 0.717) is 5.56 Å².